The molecule has 3 rings (SSSR count). The van der Waals surface area contributed by atoms with Gasteiger partial charge >= 0.3 is 11.9 Å². The lowest BCUT2D eigenvalue weighted by molar-refractivity contribution is -0.143. The fraction of sp³-hybridized carbons (Fsp3) is 0.348. The van der Waals surface area contributed by atoms with Crippen molar-refractivity contribution < 1.29 is 23.8 Å². The van der Waals surface area contributed by atoms with E-state index in [2.05, 4.69) is 21.2 Å². The molecule has 0 radical (unpaired) electrons. The van der Waals surface area contributed by atoms with E-state index in [1.807, 2.05) is 22.7 Å². The number of aromatic nitrogens is 2. The Labute approximate surface area is 205 Å². The van der Waals surface area contributed by atoms with Gasteiger partial charge in [-0.15, -0.1) is 11.6 Å². The summed E-state index contributed by atoms with van der Waals surface area (Å²) in [5.74, 6) is 0.527. The van der Waals surface area contributed by atoms with E-state index < -0.39 is 11.4 Å². The monoisotopic (exact) mass is 537 g/mol. The van der Waals surface area contributed by atoms with Crippen LogP contribution in [0.25, 0.3) is 16.9 Å². The van der Waals surface area contributed by atoms with Crippen molar-refractivity contribution in [2.24, 2.45) is 5.41 Å². The van der Waals surface area contributed by atoms with Gasteiger partial charge in [-0.05, 0) is 67.0 Å². The summed E-state index contributed by atoms with van der Waals surface area (Å²) in [5, 5.41) is 3.12. The van der Waals surface area contributed by atoms with Crippen molar-refractivity contribution >= 4 is 50.9 Å². The van der Waals surface area contributed by atoms with Gasteiger partial charge < -0.3 is 19.5 Å². The minimum absolute atomic E-state index is 0.0263. The first-order valence-corrected chi connectivity index (χ1v) is 11.6. The highest BCUT2D eigenvalue weighted by atomic mass is 79.9. The van der Waals surface area contributed by atoms with E-state index >= 15 is 0 Å². The predicted molar refractivity (Wildman–Crippen MR) is 130 cm³/mol. The zero-order chi connectivity index (χ0) is 24.2. The molecule has 0 aliphatic heterocycles. The molecule has 0 spiro atoms. The van der Waals surface area contributed by atoms with Crippen LogP contribution in [-0.2, 0) is 14.3 Å². The van der Waals surface area contributed by atoms with E-state index in [-0.39, 0.29) is 24.1 Å². The van der Waals surface area contributed by atoms with Gasteiger partial charge in [-0.1, -0.05) is 0 Å². The highest BCUT2D eigenvalue weighted by Crippen LogP contribution is 2.37. The molecule has 8 nitrogen and oxygen atoms in total. The molecule has 0 aliphatic rings. The van der Waals surface area contributed by atoms with Crippen LogP contribution in [0.1, 0.15) is 20.8 Å². The fourth-order valence-electron chi connectivity index (χ4n) is 2.95. The predicted octanol–water partition coefficient (Wildman–Crippen LogP) is 4.92. The first-order chi connectivity index (χ1) is 15.7. The summed E-state index contributed by atoms with van der Waals surface area (Å²) in [6.07, 6.45) is 1.85. The minimum Gasteiger partial charge on any atom is -0.493 e. The Balaban J connectivity index is 2.02. The lowest BCUT2D eigenvalue weighted by atomic mass is 9.97. The summed E-state index contributed by atoms with van der Waals surface area (Å²) in [5.41, 5.74) is 1.13. The normalized spacial score (nSPS) is 11.3. The zero-order valence-corrected chi connectivity index (χ0v) is 21.1. The van der Waals surface area contributed by atoms with Crippen LogP contribution >= 0.6 is 27.5 Å². The van der Waals surface area contributed by atoms with Gasteiger partial charge in [0, 0.05) is 22.1 Å². The summed E-state index contributed by atoms with van der Waals surface area (Å²) in [7, 11) is 1.49. The Morgan fingerprint density at radius 3 is 2.64 bits per heavy atom. The number of imidazole rings is 1. The van der Waals surface area contributed by atoms with Gasteiger partial charge in [0.2, 0.25) is 0 Å². The molecule has 0 saturated carbocycles. The third kappa shape index (κ3) is 5.59. The number of fused-ring (bicyclic) bond motifs is 1. The first-order valence-electron chi connectivity index (χ1n) is 10.2. The van der Waals surface area contributed by atoms with Crippen LogP contribution in [0.4, 0.5) is 5.82 Å². The maximum atomic E-state index is 12.5. The third-order valence-corrected chi connectivity index (χ3v) is 5.95. The summed E-state index contributed by atoms with van der Waals surface area (Å²) < 4.78 is 18.7. The number of pyridine rings is 1. The molecule has 0 saturated heterocycles. The van der Waals surface area contributed by atoms with E-state index in [1.165, 1.54) is 7.11 Å². The van der Waals surface area contributed by atoms with E-state index in [1.54, 1.807) is 39.0 Å². The average Bonchev–Trinajstić information content (AvgIpc) is 3.15. The molecule has 0 fully saturated rings. The molecule has 0 amide bonds. The number of methoxy groups -OCH3 is 1. The van der Waals surface area contributed by atoms with Gasteiger partial charge in [0.25, 0.3) is 0 Å². The SMILES string of the molecule is CCOC(=O)CNc1c(-c2ccc(OC(=O)C(C)(C)CCl)c(OC)c2)nc2ccc(Br)cn12. The third-order valence-electron chi connectivity index (χ3n) is 4.81. The van der Waals surface area contributed by atoms with Gasteiger partial charge in [-0.2, -0.15) is 0 Å². The van der Waals surface area contributed by atoms with Crippen LogP contribution in [0.2, 0.25) is 0 Å². The van der Waals surface area contributed by atoms with Crippen molar-refractivity contribution in [2.45, 2.75) is 20.8 Å². The highest BCUT2D eigenvalue weighted by Gasteiger charge is 2.30. The van der Waals surface area contributed by atoms with Gasteiger partial charge in [0.15, 0.2) is 11.5 Å². The second-order valence-electron chi connectivity index (χ2n) is 7.82. The molecule has 33 heavy (non-hydrogen) atoms. The maximum absolute atomic E-state index is 12.5. The van der Waals surface area contributed by atoms with Crippen LogP contribution in [0.15, 0.2) is 41.0 Å². The number of hydrogen-bond acceptors (Lipinski definition) is 7. The smallest absolute Gasteiger partial charge is 0.325 e. The van der Waals surface area contributed by atoms with Gasteiger partial charge in [0.1, 0.15) is 23.7 Å². The molecule has 176 valence electrons. The summed E-state index contributed by atoms with van der Waals surface area (Å²) >= 11 is 9.35. The van der Waals surface area contributed by atoms with Crippen LogP contribution in [0, 0.1) is 5.41 Å². The van der Waals surface area contributed by atoms with Gasteiger partial charge in [-0.25, -0.2) is 4.98 Å². The van der Waals surface area contributed by atoms with Crippen molar-refractivity contribution in [1.82, 2.24) is 9.38 Å². The molecule has 10 heteroatoms. The molecule has 1 N–H and O–H groups in total. The molecule has 0 aliphatic carbocycles. The van der Waals surface area contributed by atoms with Gasteiger partial charge in [-0.3, -0.25) is 14.0 Å². The molecule has 2 aromatic heterocycles. The lowest BCUT2D eigenvalue weighted by Gasteiger charge is -2.20. The molecular formula is C23H25BrClN3O5. The number of halogens is 2. The second kappa shape index (κ2) is 10.4. The standard InChI is InChI=1S/C23H25BrClN3O5/c1-5-32-19(29)11-26-21-20(27-18-9-7-15(24)12-28(18)21)14-6-8-16(17(10-14)31-4)33-22(30)23(2,3)13-25/h6-10,12,26H,5,11,13H2,1-4H3. The number of esters is 2. The Morgan fingerprint density at radius 2 is 1.97 bits per heavy atom. The van der Waals surface area contributed by atoms with Crippen molar-refractivity contribution in [3.8, 4) is 22.8 Å². The number of anilines is 1. The highest BCUT2D eigenvalue weighted by molar-refractivity contribution is 9.10. The fourth-order valence-corrected chi connectivity index (χ4v) is 3.39. The molecule has 1 aromatic carbocycles. The Bertz CT molecular complexity index is 1180. The Kier molecular flexibility index (Phi) is 7.86. The maximum Gasteiger partial charge on any atom is 0.325 e. The number of ether oxygens (including phenoxy) is 3. The summed E-state index contributed by atoms with van der Waals surface area (Å²) in [6, 6.07) is 8.87. The number of carbonyl (C=O) groups excluding carboxylic acids is 2. The molecule has 2 heterocycles. The van der Waals surface area contributed by atoms with Crippen LogP contribution in [0.3, 0.4) is 0 Å². The van der Waals surface area contributed by atoms with Crippen LogP contribution in [-0.4, -0.2) is 47.5 Å². The number of nitrogens with zero attached hydrogens (tertiary/aromatic N) is 2. The van der Waals surface area contributed by atoms with E-state index in [9.17, 15) is 9.59 Å². The number of rotatable bonds is 9. The van der Waals surface area contributed by atoms with Crippen LogP contribution < -0.4 is 14.8 Å². The van der Waals surface area contributed by atoms with Crippen molar-refractivity contribution in [2.75, 3.05) is 31.5 Å². The van der Waals surface area contributed by atoms with E-state index in [4.69, 9.17) is 30.8 Å². The van der Waals surface area contributed by atoms with Crippen molar-refractivity contribution in [3.63, 3.8) is 0 Å². The van der Waals surface area contributed by atoms with E-state index in [0.717, 1.165) is 4.47 Å². The minimum atomic E-state index is -0.843. The Morgan fingerprint density at radius 1 is 1.21 bits per heavy atom. The second-order valence-corrected chi connectivity index (χ2v) is 9.00. The lowest BCUT2D eigenvalue weighted by Crippen LogP contribution is -2.30. The van der Waals surface area contributed by atoms with E-state index in [0.29, 0.717) is 35.1 Å². The number of nitrogens with one attached hydrogen (secondary N) is 1. The van der Waals surface area contributed by atoms with Crippen molar-refractivity contribution in [1.29, 1.82) is 0 Å². The average molecular weight is 539 g/mol. The molecule has 0 unspecified atom stereocenters. The molecule has 0 bridgehead atoms. The largest absolute Gasteiger partial charge is 0.493 e. The first kappa shape index (κ1) is 24.9. The molecule has 3 aromatic rings. The quantitative estimate of drug-likeness (QED) is 0.235. The molecular weight excluding hydrogens is 514 g/mol. The number of carbonyl (C=O) groups is 2. The zero-order valence-electron chi connectivity index (χ0n) is 18.8. The van der Waals surface area contributed by atoms with Crippen molar-refractivity contribution in [3.05, 3.63) is 41.0 Å². The number of benzene rings is 1. The summed E-state index contributed by atoms with van der Waals surface area (Å²) in [6.45, 7) is 5.44. The topological polar surface area (TPSA) is 91.2 Å². The summed E-state index contributed by atoms with van der Waals surface area (Å²) in [4.78, 5) is 29.1. The van der Waals surface area contributed by atoms with Crippen LogP contribution in [0.5, 0.6) is 11.5 Å². The van der Waals surface area contributed by atoms with Gasteiger partial charge in [0.05, 0.1) is 19.1 Å². The molecule has 0 atom stereocenters. The number of alkyl halides is 1. The Hall–Kier alpha value is -2.78. The number of hydrogen-bond donors (Lipinski definition) is 1.